The summed E-state index contributed by atoms with van der Waals surface area (Å²) < 4.78 is 31.5. The lowest BCUT2D eigenvalue weighted by Crippen LogP contribution is -2.26. The van der Waals surface area contributed by atoms with Crippen LogP contribution in [0.25, 0.3) is 0 Å². The van der Waals surface area contributed by atoms with Crippen molar-refractivity contribution in [2.75, 3.05) is 18.5 Å². The van der Waals surface area contributed by atoms with Crippen molar-refractivity contribution >= 4 is 37.6 Å². The zero-order chi connectivity index (χ0) is 16.3. The average Bonchev–Trinajstić information content (AvgIpc) is 2.53. The summed E-state index contributed by atoms with van der Waals surface area (Å²) in [7, 11) is -0.939. The third-order valence-corrected chi connectivity index (χ3v) is 5.92. The zero-order valence-corrected chi connectivity index (χ0v) is 14.4. The number of esters is 1. The van der Waals surface area contributed by atoms with Crippen molar-refractivity contribution < 1.29 is 17.9 Å². The molecule has 0 saturated carbocycles. The van der Waals surface area contributed by atoms with Crippen LogP contribution in [0.1, 0.15) is 10.4 Å². The van der Waals surface area contributed by atoms with Crippen molar-refractivity contribution in [3.63, 3.8) is 0 Å². The van der Waals surface area contributed by atoms with E-state index in [-0.39, 0.29) is 4.90 Å². The fraction of sp³-hybridized carbons (Fsp3) is 0.133. The van der Waals surface area contributed by atoms with Crippen LogP contribution in [0.4, 0.5) is 5.69 Å². The molecule has 2 rings (SSSR count). The number of ether oxygens (including phenoxy) is 1. The molecule has 22 heavy (non-hydrogen) atoms. The number of hydrogen-bond acceptors (Lipinski definition) is 4. The minimum atomic E-state index is -3.69. The maximum atomic E-state index is 12.6. The Morgan fingerprint density at radius 3 is 2.23 bits per heavy atom. The highest BCUT2D eigenvalue weighted by atomic mass is 79.9. The second-order valence-corrected chi connectivity index (χ2v) is 7.23. The molecular weight excluding hydrogens is 370 g/mol. The van der Waals surface area contributed by atoms with Crippen LogP contribution < -0.4 is 4.31 Å². The van der Waals surface area contributed by atoms with Crippen LogP contribution in [0.15, 0.2) is 57.9 Å². The Hall–Kier alpha value is -1.86. The lowest BCUT2D eigenvalue weighted by atomic mass is 10.2. The molecule has 0 fully saturated rings. The highest BCUT2D eigenvalue weighted by Crippen LogP contribution is 2.27. The van der Waals surface area contributed by atoms with Crippen LogP contribution in [-0.4, -0.2) is 28.5 Å². The number of hydrogen-bond donors (Lipinski definition) is 0. The Morgan fingerprint density at radius 2 is 1.68 bits per heavy atom. The van der Waals surface area contributed by atoms with E-state index in [4.69, 9.17) is 0 Å². The third-order valence-electron chi connectivity index (χ3n) is 3.13. The Bertz CT molecular complexity index is 787. The van der Waals surface area contributed by atoms with E-state index in [0.717, 1.165) is 4.31 Å². The smallest absolute Gasteiger partial charge is 0.337 e. The molecule has 0 atom stereocenters. The lowest BCUT2D eigenvalue weighted by molar-refractivity contribution is 0.0601. The van der Waals surface area contributed by atoms with Crippen LogP contribution in [0.2, 0.25) is 0 Å². The fourth-order valence-corrected chi connectivity index (χ4v) is 4.02. The molecule has 2 aromatic carbocycles. The summed E-state index contributed by atoms with van der Waals surface area (Å²) in [5.74, 6) is -0.470. The predicted molar refractivity (Wildman–Crippen MR) is 87.5 cm³/mol. The minimum absolute atomic E-state index is 0.176. The first-order valence-corrected chi connectivity index (χ1v) is 8.53. The highest BCUT2D eigenvalue weighted by Gasteiger charge is 2.23. The van der Waals surface area contributed by atoms with Gasteiger partial charge < -0.3 is 4.74 Å². The van der Waals surface area contributed by atoms with Gasteiger partial charge in [0.25, 0.3) is 10.0 Å². The molecule has 2 aromatic rings. The monoisotopic (exact) mass is 383 g/mol. The van der Waals surface area contributed by atoms with Gasteiger partial charge in [-0.1, -0.05) is 12.1 Å². The van der Waals surface area contributed by atoms with Crippen LogP contribution in [0.5, 0.6) is 0 Å². The molecule has 0 aliphatic carbocycles. The Morgan fingerprint density at radius 1 is 1.09 bits per heavy atom. The molecule has 0 heterocycles. The van der Waals surface area contributed by atoms with Crippen LogP contribution >= 0.6 is 15.9 Å². The Kier molecular flexibility index (Phi) is 4.87. The van der Waals surface area contributed by atoms with Crippen molar-refractivity contribution in [1.29, 1.82) is 0 Å². The fourth-order valence-electron chi connectivity index (χ4n) is 1.87. The Labute approximate surface area is 137 Å². The molecule has 0 saturated heterocycles. The van der Waals surface area contributed by atoms with E-state index in [1.807, 2.05) is 0 Å². The molecule has 116 valence electrons. The van der Waals surface area contributed by atoms with Gasteiger partial charge in [0.1, 0.15) is 4.90 Å². The number of benzene rings is 2. The second kappa shape index (κ2) is 6.50. The minimum Gasteiger partial charge on any atom is -0.465 e. The molecule has 0 N–H and O–H groups in total. The van der Waals surface area contributed by atoms with Crippen molar-refractivity contribution in [3.8, 4) is 0 Å². The summed E-state index contributed by atoms with van der Waals surface area (Å²) in [5.41, 5.74) is 0.807. The van der Waals surface area contributed by atoms with Gasteiger partial charge in [0.15, 0.2) is 0 Å². The van der Waals surface area contributed by atoms with E-state index in [0.29, 0.717) is 15.7 Å². The third kappa shape index (κ3) is 3.15. The zero-order valence-electron chi connectivity index (χ0n) is 12.0. The first-order chi connectivity index (χ1) is 10.4. The molecule has 0 aliphatic heterocycles. The van der Waals surface area contributed by atoms with E-state index in [1.165, 1.54) is 32.4 Å². The van der Waals surface area contributed by atoms with E-state index in [9.17, 15) is 13.2 Å². The number of rotatable bonds is 4. The van der Waals surface area contributed by atoms with Crippen LogP contribution in [0.3, 0.4) is 0 Å². The summed E-state index contributed by atoms with van der Waals surface area (Å²) in [5, 5.41) is 0. The van der Waals surface area contributed by atoms with Crippen LogP contribution in [0, 0.1) is 0 Å². The van der Waals surface area contributed by atoms with Gasteiger partial charge in [0.2, 0.25) is 0 Å². The number of sulfonamides is 1. The summed E-state index contributed by atoms with van der Waals surface area (Å²) in [6.45, 7) is 0. The van der Waals surface area contributed by atoms with Gasteiger partial charge in [0.05, 0.1) is 18.4 Å². The van der Waals surface area contributed by atoms with Gasteiger partial charge in [-0.3, -0.25) is 4.31 Å². The molecule has 0 aliphatic rings. The van der Waals surface area contributed by atoms with Gasteiger partial charge in [0, 0.05) is 11.5 Å². The lowest BCUT2D eigenvalue weighted by Gasteiger charge is -2.20. The Balaban J connectivity index is 2.37. The number of anilines is 1. The molecule has 7 heteroatoms. The van der Waals surface area contributed by atoms with E-state index < -0.39 is 16.0 Å². The first kappa shape index (κ1) is 16.5. The van der Waals surface area contributed by atoms with Crippen molar-refractivity contribution in [1.82, 2.24) is 0 Å². The van der Waals surface area contributed by atoms with Crippen molar-refractivity contribution in [2.45, 2.75) is 4.90 Å². The van der Waals surface area contributed by atoms with Crippen molar-refractivity contribution in [2.24, 2.45) is 0 Å². The molecule has 0 bridgehead atoms. The van der Waals surface area contributed by atoms with Gasteiger partial charge >= 0.3 is 5.97 Å². The molecule has 0 spiro atoms. The molecule has 0 unspecified atom stereocenters. The van der Waals surface area contributed by atoms with E-state index in [1.54, 1.807) is 30.3 Å². The number of methoxy groups -OCH3 is 1. The van der Waals surface area contributed by atoms with Gasteiger partial charge in [-0.15, -0.1) is 0 Å². The predicted octanol–water partition coefficient (Wildman–Crippen LogP) is 3.06. The summed E-state index contributed by atoms with van der Waals surface area (Å²) in [6, 6.07) is 12.8. The van der Waals surface area contributed by atoms with Gasteiger partial charge in [-0.05, 0) is 52.3 Å². The number of carbonyl (C=O) groups is 1. The molecule has 0 aromatic heterocycles. The number of carbonyl (C=O) groups excluding carboxylic acids is 1. The van der Waals surface area contributed by atoms with Crippen molar-refractivity contribution in [3.05, 3.63) is 58.6 Å². The standard InChI is InChI=1S/C15H14BrNO4S/c1-17(12-9-7-11(8-10-12)15(18)21-2)22(19,20)14-6-4-3-5-13(14)16/h3-10H,1-2H3. The summed E-state index contributed by atoms with van der Waals surface area (Å²) in [6.07, 6.45) is 0. The quantitative estimate of drug-likeness (QED) is 0.761. The maximum absolute atomic E-state index is 12.6. The van der Waals surface area contributed by atoms with Crippen LogP contribution in [-0.2, 0) is 14.8 Å². The van der Waals surface area contributed by atoms with E-state index in [2.05, 4.69) is 20.7 Å². The first-order valence-electron chi connectivity index (χ1n) is 6.30. The average molecular weight is 384 g/mol. The molecule has 0 amide bonds. The second-order valence-electron chi connectivity index (χ2n) is 4.44. The highest BCUT2D eigenvalue weighted by molar-refractivity contribution is 9.10. The summed E-state index contributed by atoms with van der Waals surface area (Å²) in [4.78, 5) is 11.6. The SMILES string of the molecule is COC(=O)c1ccc(N(C)S(=O)(=O)c2ccccc2Br)cc1. The largest absolute Gasteiger partial charge is 0.465 e. The molecular formula is C15H14BrNO4S. The summed E-state index contributed by atoms with van der Waals surface area (Å²) >= 11 is 3.25. The topological polar surface area (TPSA) is 63.7 Å². The normalized spacial score (nSPS) is 11.0. The van der Waals surface area contributed by atoms with Gasteiger partial charge in [-0.25, -0.2) is 13.2 Å². The number of halogens is 1. The number of nitrogens with zero attached hydrogens (tertiary/aromatic N) is 1. The maximum Gasteiger partial charge on any atom is 0.337 e. The molecule has 0 radical (unpaired) electrons. The molecule has 5 nitrogen and oxygen atoms in total. The van der Waals surface area contributed by atoms with Gasteiger partial charge in [-0.2, -0.15) is 0 Å². The van der Waals surface area contributed by atoms with E-state index >= 15 is 0 Å².